The number of carbonyl (C=O) groups excluding carboxylic acids is 1. The van der Waals surface area contributed by atoms with Crippen molar-refractivity contribution >= 4 is 5.91 Å². The number of amides is 1. The molecule has 0 bridgehead atoms. The molecule has 134 valence electrons. The van der Waals surface area contributed by atoms with Crippen LogP contribution in [0.2, 0.25) is 0 Å². The third-order valence-corrected chi connectivity index (χ3v) is 2.96. The number of alkyl halides is 5. The second-order valence-corrected chi connectivity index (χ2v) is 4.74. The lowest BCUT2D eigenvalue weighted by Gasteiger charge is -2.13. The Labute approximate surface area is 139 Å². The van der Waals surface area contributed by atoms with Gasteiger partial charge in [-0.1, -0.05) is 24.3 Å². The first-order valence-corrected chi connectivity index (χ1v) is 6.91. The Kier molecular flexibility index (Phi) is 5.79. The first kappa shape index (κ1) is 18.5. The van der Waals surface area contributed by atoms with Gasteiger partial charge in [-0.3, -0.25) is 4.79 Å². The molecule has 1 amide bonds. The zero-order chi connectivity index (χ0) is 18.4. The van der Waals surface area contributed by atoms with E-state index in [-0.39, 0.29) is 23.4 Å². The van der Waals surface area contributed by atoms with E-state index < -0.39 is 24.6 Å². The molecule has 0 radical (unpaired) electrons. The predicted molar refractivity (Wildman–Crippen MR) is 77.4 cm³/mol. The predicted octanol–water partition coefficient (Wildman–Crippen LogP) is 4.12. The molecule has 0 spiro atoms. The molecule has 0 heterocycles. The molecule has 9 heteroatoms. The number of rotatable bonds is 6. The molecule has 0 aliphatic rings. The Morgan fingerprint density at radius 3 is 2.48 bits per heavy atom. The van der Waals surface area contributed by atoms with E-state index >= 15 is 0 Å². The molecule has 1 N–H and O–H groups in total. The van der Waals surface area contributed by atoms with Crippen LogP contribution in [0.5, 0.6) is 11.5 Å². The molecule has 0 atom stereocenters. The fraction of sp³-hybridized carbons (Fsp3) is 0.188. The molecule has 0 saturated heterocycles. The number of ether oxygens (including phenoxy) is 2. The summed E-state index contributed by atoms with van der Waals surface area (Å²) in [5.74, 6) is -1.31. The van der Waals surface area contributed by atoms with E-state index in [9.17, 15) is 26.7 Å². The summed E-state index contributed by atoms with van der Waals surface area (Å²) in [6, 6.07) is 10.4. The molecule has 25 heavy (non-hydrogen) atoms. The lowest BCUT2D eigenvalue weighted by atomic mass is 10.1. The van der Waals surface area contributed by atoms with Crippen molar-refractivity contribution in [1.82, 2.24) is 5.32 Å². The highest BCUT2D eigenvalue weighted by Crippen LogP contribution is 2.26. The molecule has 0 fully saturated rings. The SMILES string of the molecule is O=C(NCc1ccccc1OC(F)(F)F)c1cccc(OC(F)F)c1. The Balaban J connectivity index is 2.05. The topological polar surface area (TPSA) is 47.6 Å². The van der Waals surface area contributed by atoms with Gasteiger partial charge in [-0.15, -0.1) is 13.2 Å². The molecular formula is C16H12F5NO3. The lowest BCUT2D eigenvalue weighted by Crippen LogP contribution is -2.24. The van der Waals surface area contributed by atoms with Crippen LogP contribution < -0.4 is 14.8 Å². The van der Waals surface area contributed by atoms with E-state index in [1.807, 2.05) is 0 Å². The van der Waals surface area contributed by atoms with E-state index in [0.717, 1.165) is 12.1 Å². The zero-order valence-electron chi connectivity index (χ0n) is 12.5. The van der Waals surface area contributed by atoms with Crippen LogP contribution in [-0.2, 0) is 6.54 Å². The minimum atomic E-state index is -4.86. The van der Waals surface area contributed by atoms with Crippen LogP contribution in [0.1, 0.15) is 15.9 Å². The molecule has 2 aromatic carbocycles. The monoisotopic (exact) mass is 361 g/mol. The zero-order valence-corrected chi connectivity index (χ0v) is 12.5. The van der Waals surface area contributed by atoms with E-state index in [4.69, 9.17) is 0 Å². The fourth-order valence-electron chi connectivity index (χ4n) is 1.97. The van der Waals surface area contributed by atoms with Gasteiger partial charge in [-0.2, -0.15) is 8.78 Å². The smallest absolute Gasteiger partial charge is 0.435 e. The minimum Gasteiger partial charge on any atom is -0.435 e. The second kappa shape index (κ2) is 7.82. The van der Waals surface area contributed by atoms with Crippen molar-refractivity contribution in [2.75, 3.05) is 0 Å². The van der Waals surface area contributed by atoms with Crippen molar-refractivity contribution < 1.29 is 36.2 Å². The summed E-state index contributed by atoms with van der Waals surface area (Å²) >= 11 is 0. The summed E-state index contributed by atoms with van der Waals surface area (Å²) in [7, 11) is 0. The maximum atomic E-state index is 12.3. The van der Waals surface area contributed by atoms with Gasteiger partial charge >= 0.3 is 13.0 Å². The van der Waals surface area contributed by atoms with E-state index in [2.05, 4.69) is 14.8 Å². The third kappa shape index (κ3) is 5.94. The van der Waals surface area contributed by atoms with Crippen LogP contribution in [0.4, 0.5) is 22.0 Å². The van der Waals surface area contributed by atoms with Gasteiger partial charge in [-0.25, -0.2) is 0 Å². The second-order valence-electron chi connectivity index (χ2n) is 4.74. The van der Waals surface area contributed by atoms with Gasteiger partial charge in [0.2, 0.25) is 0 Å². The Hall–Kier alpha value is -2.84. The largest absolute Gasteiger partial charge is 0.573 e. The number of hydrogen-bond acceptors (Lipinski definition) is 3. The fourth-order valence-corrected chi connectivity index (χ4v) is 1.97. The number of benzene rings is 2. The summed E-state index contributed by atoms with van der Waals surface area (Å²) < 4.78 is 69.5. The van der Waals surface area contributed by atoms with Gasteiger partial charge in [0.25, 0.3) is 5.91 Å². The number of para-hydroxylation sites is 1. The highest BCUT2D eigenvalue weighted by molar-refractivity contribution is 5.94. The van der Waals surface area contributed by atoms with Gasteiger partial charge in [0.15, 0.2) is 0 Å². The van der Waals surface area contributed by atoms with Crippen LogP contribution >= 0.6 is 0 Å². The van der Waals surface area contributed by atoms with Gasteiger partial charge in [0.1, 0.15) is 11.5 Å². The van der Waals surface area contributed by atoms with Crippen molar-refractivity contribution in [3.8, 4) is 11.5 Å². The minimum absolute atomic E-state index is 0.0207. The summed E-state index contributed by atoms with van der Waals surface area (Å²) in [6.07, 6.45) is -4.86. The van der Waals surface area contributed by atoms with Crippen molar-refractivity contribution in [3.63, 3.8) is 0 Å². The summed E-state index contributed by atoms with van der Waals surface area (Å²) in [5, 5.41) is 2.39. The van der Waals surface area contributed by atoms with E-state index in [0.29, 0.717) is 0 Å². The normalized spacial score (nSPS) is 11.3. The van der Waals surface area contributed by atoms with Crippen LogP contribution in [0.3, 0.4) is 0 Å². The maximum absolute atomic E-state index is 12.3. The number of halogens is 5. The molecule has 0 aromatic heterocycles. The Morgan fingerprint density at radius 2 is 1.80 bits per heavy atom. The first-order valence-electron chi connectivity index (χ1n) is 6.91. The van der Waals surface area contributed by atoms with Gasteiger partial charge in [0.05, 0.1) is 0 Å². The highest BCUT2D eigenvalue weighted by Gasteiger charge is 2.32. The maximum Gasteiger partial charge on any atom is 0.573 e. The molecular weight excluding hydrogens is 349 g/mol. The van der Waals surface area contributed by atoms with Gasteiger partial charge in [-0.05, 0) is 24.3 Å². The first-order chi connectivity index (χ1) is 11.7. The Bertz CT molecular complexity index is 734. The van der Waals surface area contributed by atoms with Gasteiger partial charge in [0, 0.05) is 17.7 Å². The highest BCUT2D eigenvalue weighted by atomic mass is 19.4. The van der Waals surface area contributed by atoms with E-state index in [1.54, 1.807) is 0 Å². The van der Waals surface area contributed by atoms with Crippen molar-refractivity contribution in [3.05, 3.63) is 59.7 Å². The molecule has 0 aliphatic heterocycles. The van der Waals surface area contributed by atoms with Gasteiger partial charge < -0.3 is 14.8 Å². The molecule has 4 nitrogen and oxygen atoms in total. The van der Waals surface area contributed by atoms with Crippen molar-refractivity contribution in [2.45, 2.75) is 19.5 Å². The number of nitrogens with one attached hydrogen (secondary N) is 1. The molecule has 0 unspecified atom stereocenters. The average molecular weight is 361 g/mol. The quantitative estimate of drug-likeness (QED) is 0.788. The summed E-state index contributed by atoms with van der Waals surface area (Å²) in [6.45, 7) is -3.28. The van der Waals surface area contributed by atoms with Crippen LogP contribution in [0, 0.1) is 0 Å². The molecule has 0 saturated carbocycles. The summed E-state index contributed by atoms with van der Waals surface area (Å²) in [5.41, 5.74) is 0.125. The average Bonchev–Trinajstić information content (AvgIpc) is 2.52. The number of carbonyl (C=O) groups is 1. The van der Waals surface area contributed by atoms with Crippen LogP contribution in [0.25, 0.3) is 0 Å². The standard InChI is InChI=1S/C16H12F5NO3/c17-15(18)24-12-6-3-5-10(8-12)14(23)22-9-11-4-1-2-7-13(11)25-16(19,20)21/h1-8,15H,9H2,(H,22,23). The van der Waals surface area contributed by atoms with Crippen molar-refractivity contribution in [1.29, 1.82) is 0 Å². The molecule has 0 aliphatic carbocycles. The molecule has 2 aromatic rings. The number of hydrogen-bond donors (Lipinski definition) is 1. The lowest BCUT2D eigenvalue weighted by molar-refractivity contribution is -0.274. The van der Waals surface area contributed by atoms with Crippen LogP contribution in [-0.4, -0.2) is 18.9 Å². The van der Waals surface area contributed by atoms with E-state index in [1.165, 1.54) is 36.4 Å². The Morgan fingerprint density at radius 1 is 1.08 bits per heavy atom. The van der Waals surface area contributed by atoms with Crippen molar-refractivity contribution in [2.24, 2.45) is 0 Å². The summed E-state index contributed by atoms with van der Waals surface area (Å²) in [4.78, 5) is 12.0. The van der Waals surface area contributed by atoms with Crippen LogP contribution in [0.15, 0.2) is 48.5 Å². The molecule has 2 rings (SSSR count). The third-order valence-electron chi connectivity index (χ3n) is 2.96.